The molecule has 1 fully saturated rings. The van der Waals surface area contributed by atoms with Gasteiger partial charge in [-0.3, -0.25) is 4.90 Å². The summed E-state index contributed by atoms with van der Waals surface area (Å²) in [6.45, 7) is 2.56. The summed E-state index contributed by atoms with van der Waals surface area (Å²) in [5, 5.41) is 17.1. The molecule has 0 aromatic rings. The molecule has 1 saturated heterocycles. The summed E-state index contributed by atoms with van der Waals surface area (Å²) in [7, 11) is 0. The Morgan fingerprint density at radius 3 is 3.18 bits per heavy atom. The molecular weight excluding hydrogens is 144 g/mol. The monoisotopic (exact) mass is 156 g/mol. The molecule has 0 aromatic heterocycles. The van der Waals surface area contributed by atoms with Gasteiger partial charge < -0.3 is 9.84 Å². The van der Waals surface area contributed by atoms with Gasteiger partial charge in [-0.25, -0.2) is 0 Å². The highest BCUT2D eigenvalue weighted by Crippen LogP contribution is 2.02. The van der Waals surface area contributed by atoms with Crippen molar-refractivity contribution in [3.63, 3.8) is 0 Å². The van der Waals surface area contributed by atoms with E-state index in [0.29, 0.717) is 19.7 Å². The lowest BCUT2D eigenvalue weighted by Crippen LogP contribution is -2.43. The summed E-state index contributed by atoms with van der Waals surface area (Å²) in [5.41, 5.74) is 0. The van der Waals surface area contributed by atoms with Gasteiger partial charge in [0.15, 0.2) is 0 Å². The van der Waals surface area contributed by atoms with Crippen molar-refractivity contribution >= 4 is 0 Å². The number of rotatable bonds is 2. The summed E-state index contributed by atoms with van der Waals surface area (Å²) < 4.78 is 5.20. The molecule has 11 heavy (non-hydrogen) atoms. The van der Waals surface area contributed by atoms with Crippen LogP contribution in [0, 0.1) is 11.3 Å². The van der Waals surface area contributed by atoms with Crippen LogP contribution in [0.4, 0.5) is 0 Å². The molecule has 1 atom stereocenters. The molecule has 1 aliphatic rings. The number of nitrogens with zero attached hydrogens (tertiary/aromatic N) is 2. The van der Waals surface area contributed by atoms with Crippen molar-refractivity contribution < 1.29 is 9.84 Å². The quantitative estimate of drug-likeness (QED) is 0.532. The maximum Gasteiger partial charge on any atom is 0.0933 e. The SMILES string of the molecule is N#CCN1CCOC(CO)C1. The van der Waals surface area contributed by atoms with Crippen LogP contribution in [0.2, 0.25) is 0 Å². The van der Waals surface area contributed by atoms with Crippen molar-refractivity contribution in [2.24, 2.45) is 0 Å². The van der Waals surface area contributed by atoms with E-state index in [0.717, 1.165) is 6.54 Å². The van der Waals surface area contributed by atoms with Gasteiger partial charge in [-0.15, -0.1) is 0 Å². The van der Waals surface area contributed by atoms with Crippen LogP contribution in [0.25, 0.3) is 0 Å². The first-order chi connectivity index (χ1) is 5.36. The Balaban J connectivity index is 2.28. The zero-order valence-corrected chi connectivity index (χ0v) is 6.36. The maximum atomic E-state index is 8.74. The molecule has 0 bridgehead atoms. The van der Waals surface area contributed by atoms with Crippen LogP contribution in [-0.4, -0.2) is 49.0 Å². The third-order valence-electron chi connectivity index (χ3n) is 1.72. The van der Waals surface area contributed by atoms with E-state index in [1.165, 1.54) is 0 Å². The standard InChI is InChI=1S/C7H12N2O2/c8-1-2-9-3-4-11-7(5-9)6-10/h7,10H,2-6H2. The average molecular weight is 156 g/mol. The molecule has 4 nitrogen and oxygen atoms in total. The van der Waals surface area contributed by atoms with Gasteiger partial charge in [0.1, 0.15) is 0 Å². The van der Waals surface area contributed by atoms with Crippen LogP contribution in [0.5, 0.6) is 0 Å². The molecule has 4 heteroatoms. The van der Waals surface area contributed by atoms with Crippen LogP contribution in [0.15, 0.2) is 0 Å². The predicted molar refractivity (Wildman–Crippen MR) is 38.9 cm³/mol. The summed E-state index contributed by atoms with van der Waals surface area (Å²) in [6, 6.07) is 2.07. The molecule has 1 rings (SSSR count). The fraction of sp³-hybridized carbons (Fsp3) is 0.857. The summed E-state index contributed by atoms with van der Waals surface area (Å²) >= 11 is 0. The van der Waals surface area contributed by atoms with Gasteiger partial charge in [-0.2, -0.15) is 5.26 Å². The van der Waals surface area contributed by atoms with E-state index < -0.39 is 0 Å². The van der Waals surface area contributed by atoms with Gasteiger partial charge in [0.2, 0.25) is 0 Å². The highest BCUT2D eigenvalue weighted by Gasteiger charge is 2.18. The lowest BCUT2D eigenvalue weighted by Gasteiger charge is -2.29. The molecular formula is C7H12N2O2. The molecule has 1 heterocycles. The minimum atomic E-state index is -0.0999. The Morgan fingerprint density at radius 1 is 1.73 bits per heavy atom. The Hall–Kier alpha value is -0.630. The predicted octanol–water partition coefficient (Wildman–Crippen LogP) is -0.797. The van der Waals surface area contributed by atoms with Crippen LogP contribution < -0.4 is 0 Å². The van der Waals surface area contributed by atoms with Crippen LogP contribution in [0.1, 0.15) is 0 Å². The minimum absolute atomic E-state index is 0.0436. The third kappa shape index (κ3) is 2.46. The van der Waals surface area contributed by atoms with E-state index in [1.54, 1.807) is 0 Å². The average Bonchev–Trinajstić information content (AvgIpc) is 2.06. The number of ether oxygens (including phenoxy) is 1. The fourth-order valence-electron chi connectivity index (χ4n) is 1.13. The molecule has 62 valence electrons. The zero-order valence-electron chi connectivity index (χ0n) is 6.36. The molecule has 1 N–H and O–H groups in total. The lowest BCUT2D eigenvalue weighted by atomic mass is 10.3. The number of hydrogen-bond donors (Lipinski definition) is 1. The number of nitriles is 1. The van der Waals surface area contributed by atoms with E-state index in [4.69, 9.17) is 15.1 Å². The Kier molecular flexibility index (Phi) is 3.30. The smallest absolute Gasteiger partial charge is 0.0933 e. The van der Waals surface area contributed by atoms with Gasteiger partial charge in [-0.1, -0.05) is 0 Å². The van der Waals surface area contributed by atoms with Crippen molar-refractivity contribution in [2.45, 2.75) is 6.10 Å². The molecule has 1 unspecified atom stereocenters. The van der Waals surface area contributed by atoms with E-state index in [9.17, 15) is 0 Å². The molecule has 0 radical (unpaired) electrons. The maximum absolute atomic E-state index is 8.74. The zero-order chi connectivity index (χ0) is 8.10. The molecule has 0 aliphatic carbocycles. The summed E-state index contributed by atoms with van der Waals surface area (Å²) in [4.78, 5) is 1.98. The first-order valence-corrected chi connectivity index (χ1v) is 3.68. The van der Waals surface area contributed by atoms with Gasteiger partial charge in [0.05, 0.1) is 31.9 Å². The van der Waals surface area contributed by atoms with E-state index in [1.807, 2.05) is 4.90 Å². The van der Waals surface area contributed by atoms with E-state index >= 15 is 0 Å². The second kappa shape index (κ2) is 4.29. The van der Waals surface area contributed by atoms with Crippen LogP contribution >= 0.6 is 0 Å². The van der Waals surface area contributed by atoms with E-state index in [2.05, 4.69) is 6.07 Å². The number of hydrogen-bond acceptors (Lipinski definition) is 4. The second-order valence-corrected chi connectivity index (χ2v) is 2.57. The van der Waals surface area contributed by atoms with Gasteiger partial charge in [0, 0.05) is 13.1 Å². The number of morpholine rings is 1. The number of aliphatic hydroxyl groups is 1. The third-order valence-corrected chi connectivity index (χ3v) is 1.72. The molecule has 0 amide bonds. The largest absolute Gasteiger partial charge is 0.394 e. The van der Waals surface area contributed by atoms with Gasteiger partial charge in [-0.05, 0) is 0 Å². The molecule has 0 aromatic carbocycles. The molecule has 0 spiro atoms. The first kappa shape index (κ1) is 8.47. The highest BCUT2D eigenvalue weighted by molar-refractivity contribution is 4.80. The highest BCUT2D eigenvalue weighted by atomic mass is 16.5. The topological polar surface area (TPSA) is 56.5 Å². The summed E-state index contributed by atoms with van der Waals surface area (Å²) in [5.74, 6) is 0. The minimum Gasteiger partial charge on any atom is -0.394 e. The van der Waals surface area contributed by atoms with Gasteiger partial charge in [0.25, 0.3) is 0 Å². The van der Waals surface area contributed by atoms with Crippen LogP contribution in [-0.2, 0) is 4.74 Å². The molecule has 0 saturated carbocycles. The second-order valence-electron chi connectivity index (χ2n) is 2.57. The van der Waals surface area contributed by atoms with Crippen LogP contribution in [0.3, 0.4) is 0 Å². The lowest BCUT2D eigenvalue weighted by molar-refractivity contribution is -0.0490. The molecule has 1 aliphatic heterocycles. The van der Waals surface area contributed by atoms with Gasteiger partial charge >= 0.3 is 0 Å². The van der Waals surface area contributed by atoms with Crippen molar-refractivity contribution in [3.8, 4) is 6.07 Å². The first-order valence-electron chi connectivity index (χ1n) is 3.68. The fourth-order valence-corrected chi connectivity index (χ4v) is 1.13. The Labute approximate surface area is 66.0 Å². The Morgan fingerprint density at radius 2 is 2.55 bits per heavy atom. The normalized spacial score (nSPS) is 26.4. The summed E-state index contributed by atoms with van der Waals surface area (Å²) in [6.07, 6.45) is -0.0999. The Bertz CT molecular complexity index is 155. The van der Waals surface area contributed by atoms with E-state index in [-0.39, 0.29) is 12.7 Å². The number of aliphatic hydroxyl groups excluding tert-OH is 1. The van der Waals surface area contributed by atoms with Crippen molar-refractivity contribution in [3.05, 3.63) is 0 Å². The van der Waals surface area contributed by atoms with Crippen molar-refractivity contribution in [2.75, 3.05) is 32.8 Å². The van der Waals surface area contributed by atoms with Crippen molar-refractivity contribution in [1.82, 2.24) is 4.90 Å². The van der Waals surface area contributed by atoms with Crippen molar-refractivity contribution in [1.29, 1.82) is 5.26 Å².